The number of nitrogens with one attached hydrogen (secondary N) is 1. The van der Waals surface area contributed by atoms with Gasteiger partial charge in [-0.05, 0) is 48.7 Å². The van der Waals surface area contributed by atoms with E-state index in [0.29, 0.717) is 6.61 Å². The van der Waals surface area contributed by atoms with E-state index in [1.54, 1.807) is 0 Å². The van der Waals surface area contributed by atoms with Gasteiger partial charge in [-0.2, -0.15) is 0 Å². The van der Waals surface area contributed by atoms with Gasteiger partial charge in [-0.25, -0.2) is 0 Å². The van der Waals surface area contributed by atoms with Gasteiger partial charge in [0, 0.05) is 6.54 Å². The molecule has 0 heterocycles. The van der Waals surface area contributed by atoms with Crippen molar-refractivity contribution >= 4 is 0 Å². The third-order valence-corrected chi connectivity index (χ3v) is 3.19. The van der Waals surface area contributed by atoms with Crippen LogP contribution in [0, 0.1) is 0 Å². The molecule has 20 heavy (non-hydrogen) atoms. The average Bonchev–Trinajstić information content (AvgIpc) is 2.49. The average molecular weight is 269 g/mol. The van der Waals surface area contributed by atoms with E-state index in [1.807, 2.05) is 19.1 Å². The van der Waals surface area contributed by atoms with Gasteiger partial charge in [0.2, 0.25) is 0 Å². The van der Waals surface area contributed by atoms with Gasteiger partial charge in [-0.1, -0.05) is 43.3 Å². The molecule has 0 aliphatic carbocycles. The van der Waals surface area contributed by atoms with Crippen LogP contribution in [0.1, 0.15) is 25.8 Å². The first kappa shape index (κ1) is 14.6. The maximum absolute atomic E-state index is 5.55. The summed E-state index contributed by atoms with van der Waals surface area (Å²) >= 11 is 0. The molecule has 0 aliphatic rings. The van der Waals surface area contributed by atoms with Crippen molar-refractivity contribution < 1.29 is 4.74 Å². The molecular formula is C18H23NO. The van der Waals surface area contributed by atoms with Crippen LogP contribution in [0.5, 0.6) is 5.75 Å². The van der Waals surface area contributed by atoms with E-state index in [-0.39, 0.29) is 0 Å². The summed E-state index contributed by atoms with van der Waals surface area (Å²) in [6.45, 7) is 6.89. The fourth-order valence-corrected chi connectivity index (χ4v) is 2.16. The molecule has 2 aromatic carbocycles. The molecule has 0 aromatic heterocycles. The van der Waals surface area contributed by atoms with Gasteiger partial charge in [0.15, 0.2) is 0 Å². The van der Waals surface area contributed by atoms with Crippen molar-refractivity contribution in [3.8, 4) is 16.9 Å². The Hall–Kier alpha value is -1.80. The fourth-order valence-electron chi connectivity index (χ4n) is 2.16. The number of rotatable bonds is 7. The molecule has 106 valence electrons. The molecule has 0 unspecified atom stereocenters. The predicted octanol–water partition coefficient (Wildman–Crippen LogP) is 4.25. The second-order valence-corrected chi connectivity index (χ2v) is 4.83. The van der Waals surface area contributed by atoms with Crippen molar-refractivity contribution in [2.24, 2.45) is 0 Å². The van der Waals surface area contributed by atoms with Crippen molar-refractivity contribution in [2.75, 3.05) is 13.2 Å². The molecule has 0 saturated heterocycles. The third-order valence-electron chi connectivity index (χ3n) is 3.19. The summed E-state index contributed by atoms with van der Waals surface area (Å²) in [7, 11) is 0. The SMILES string of the molecule is CCCNCc1ccc(-c2cccc(OCC)c2)cc1. The van der Waals surface area contributed by atoms with E-state index < -0.39 is 0 Å². The Morgan fingerprint density at radius 2 is 1.75 bits per heavy atom. The van der Waals surface area contributed by atoms with Crippen LogP contribution < -0.4 is 10.1 Å². The smallest absolute Gasteiger partial charge is 0.119 e. The lowest BCUT2D eigenvalue weighted by Gasteiger charge is -2.08. The van der Waals surface area contributed by atoms with Crippen molar-refractivity contribution in [1.82, 2.24) is 5.32 Å². The van der Waals surface area contributed by atoms with Crippen LogP contribution >= 0.6 is 0 Å². The van der Waals surface area contributed by atoms with E-state index >= 15 is 0 Å². The highest BCUT2D eigenvalue weighted by Crippen LogP contribution is 2.24. The maximum atomic E-state index is 5.55. The Labute approximate surface area is 121 Å². The molecule has 0 spiro atoms. The fraction of sp³-hybridized carbons (Fsp3) is 0.333. The topological polar surface area (TPSA) is 21.3 Å². The molecular weight excluding hydrogens is 246 g/mol. The first-order valence-electron chi connectivity index (χ1n) is 7.36. The molecule has 0 atom stereocenters. The zero-order valence-corrected chi connectivity index (χ0v) is 12.4. The Morgan fingerprint density at radius 1 is 0.950 bits per heavy atom. The van der Waals surface area contributed by atoms with Crippen LogP contribution in [0.3, 0.4) is 0 Å². The minimum absolute atomic E-state index is 0.700. The van der Waals surface area contributed by atoms with Gasteiger partial charge in [0.25, 0.3) is 0 Å². The van der Waals surface area contributed by atoms with Gasteiger partial charge in [-0.3, -0.25) is 0 Å². The van der Waals surface area contributed by atoms with Crippen molar-refractivity contribution in [3.05, 3.63) is 54.1 Å². The first-order valence-corrected chi connectivity index (χ1v) is 7.36. The van der Waals surface area contributed by atoms with Gasteiger partial charge in [0.1, 0.15) is 5.75 Å². The largest absolute Gasteiger partial charge is 0.494 e. The van der Waals surface area contributed by atoms with Crippen molar-refractivity contribution in [1.29, 1.82) is 0 Å². The summed E-state index contributed by atoms with van der Waals surface area (Å²) in [5.41, 5.74) is 3.75. The van der Waals surface area contributed by atoms with E-state index in [4.69, 9.17) is 4.74 Å². The van der Waals surface area contributed by atoms with Crippen LogP contribution in [0.4, 0.5) is 0 Å². The summed E-state index contributed by atoms with van der Waals surface area (Å²) in [5.74, 6) is 0.929. The second kappa shape index (κ2) is 7.71. The lowest BCUT2D eigenvalue weighted by Crippen LogP contribution is -2.13. The van der Waals surface area contributed by atoms with E-state index in [1.165, 1.54) is 23.1 Å². The highest BCUT2D eigenvalue weighted by Gasteiger charge is 2.00. The Balaban J connectivity index is 2.07. The molecule has 2 heteroatoms. The molecule has 1 N–H and O–H groups in total. The minimum atomic E-state index is 0.700. The molecule has 0 radical (unpaired) electrons. The molecule has 0 fully saturated rings. The normalized spacial score (nSPS) is 10.5. The summed E-state index contributed by atoms with van der Waals surface area (Å²) in [5, 5.41) is 3.42. The van der Waals surface area contributed by atoms with Crippen LogP contribution in [0.15, 0.2) is 48.5 Å². The Morgan fingerprint density at radius 3 is 2.45 bits per heavy atom. The predicted molar refractivity (Wildman–Crippen MR) is 85.0 cm³/mol. The summed E-state index contributed by atoms with van der Waals surface area (Å²) < 4.78 is 5.55. The third kappa shape index (κ3) is 4.10. The Bertz CT molecular complexity index is 519. The summed E-state index contributed by atoms with van der Waals surface area (Å²) in [4.78, 5) is 0. The molecule has 2 rings (SSSR count). The lowest BCUT2D eigenvalue weighted by molar-refractivity contribution is 0.340. The minimum Gasteiger partial charge on any atom is -0.494 e. The van der Waals surface area contributed by atoms with Crippen LogP contribution in [-0.2, 0) is 6.54 Å². The molecule has 0 amide bonds. The lowest BCUT2D eigenvalue weighted by atomic mass is 10.0. The zero-order valence-electron chi connectivity index (χ0n) is 12.4. The molecule has 0 aliphatic heterocycles. The van der Waals surface area contributed by atoms with Gasteiger partial charge in [0.05, 0.1) is 6.61 Å². The summed E-state index contributed by atoms with van der Waals surface area (Å²) in [6, 6.07) is 17.0. The van der Waals surface area contributed by atoms with E-state index in [2.05, 4.69) is 48.6 Å². The molecule has 2 aromatic rings. The maximum Gasteiger partial charge on any atom is 0.119 e. The first-order chi connectivity index (χ1) is 9.83. The van der Waals surface area contributed by atoms with Crippen molar-refractivity contribution in [2.45, 2.75) is 26.8 Å². The van der Waals surface area contributed by atoms with E-state index in [9.17, 15) is 0 Å². The number of benzene rings is 2. The molecule has 2 nitrogen and oxygen atoms in total. The highest BCUT2D eigenvalue weighted by atomic mass is 16.5. The molecule has 0 bridgehead atoms. The van der Waals surface area contributed by atoms with Gasteiger partial charge >= 0.3 is 0 Å². The highest BCUT2D eigenvalue weighted by molar-refractivity contribution is 5.65. The number of hydrogen-bond donors (Lipinski definition) is 1. The van der Waals surface area contributed by atoms with Crippen LogP contribution in [0.2, 0.25) is 0 Å². The monoisotopic (exact) mass is 269 g/mol. The van der Waals surface area contributed by atoms with Gasteiger partial charge in [-0.15, -0.1) is 0 Å². The Kier molecular flexibility index (Phi) is 5.63. The van der Waals surface area contributed by atoms with E-state index in [0.717, 1.165) is 18.8 Å². The van der Waals surface area contributed by atoms with Crippen molar-refractivity contribution in [3.63, 3.8) is 0 Å². The quantitative estimate of drug-likeness (QED) is 0.759. The second-order valence-electron chi connectivity index (χ2n) is 4.83. The zero-order chi connectivity index (χ0) is 14.2. The van der Waals surface area contributed by atoms with Crippen LogP contribution in [-0.4, -0.2) is 13.2 Å². The number of hydrogen-bond acceptors (Lipinski definition) is 2. The van der Waals surface area contributed by atoms with Gasteiger partial charge < -0.3 is 10.1 Å². The standard InChI is InChI=1S/C18H23NO/c1-3-12-19-14-15-8-10-16(11-9-15)17-6-5-7-18(13-17)20-4-2/h5-11,13,19H,3-4,12,14H2,1-2H3. The van der Waals surface area contributed by atoms with Crippen LogP contribution in [0.25, 0.3) is 11.1 Å². The number of ether oxygens (including phenoxy) is 1. The summed E-state index contributed by atoms with van der Waals surface area (Å²) in [6.07, 6.45) is 1.17. The molecule has 0 saturated carbocycles.